The molecule has 3 rings (SSSR count). The molecular formula is C17H17ClN2O. The van der Waals surface area contributed by atoms with E-state index in [9.17, 15) is 4.79 Å². The lowest BCUT2D eigenvalue weighted by atomic mass is 9.93. The van der Waals surface area contributed by atoms with Gasteiger partial charge >= 0.3 is 0 Å². The summed E-state index contributed by atoms with van der Waals surface area (Å²) in [6.07, 6.45) is 0.782. The Morgan fingerprint density at radius 3 is 2.95 bits per heavy atom. The van der Waals surface area contributed by atoms with Gasteiger partial charge in [0.25, 0.3) is 0 Å². The minimum atomic E-state index is -0.0286. The van der Waals surface area contributed by atoms with Crippen LogP contribution in [0.4, 0.5) is 5.69 Å². The third-order valence-corrected chi connectivity index (χ3v) is 3.98. The van der Waals surface area contributed by atoms with Crippen LogP contribution in [0.15, 0.2) is 48.5 Å². The van der Waals surface area contributed by atoms with E-state index < -0.39 is 0 Å². The Balaban J connectivity index is 1.59. The highest BCUT2D eigenvalue weighted by atomic mass is 35.5. The first-order valence-electron chi connectivity index (χ1n) is 7.06. The number of halogens is 1. The van der Waals surface area contributed by atoms with E-state index in [2.05, 4.69) is 22.8 Å². The van der Waals surface area contributed by atoms with Crippen LogP contribution in [0, 0.1) is 5.92 Å². The summed E-state index contributed by atoms with van der Waals surface area (Å²) in [6, 6.07) is 15.7. The van der Waals surface area contributed by atoms with Gasteiger partial charge in [0.2, 0.25) is 5.91 Å². The van der Waals surface area contributed by atoms with E-state index in [1.165, 1.54) is 5.56 Å². The maximum atomic E-state index is 12.3. The third kappa shape index (κ3) is 3.37. The maximum absolute atomic E-state index is 12.3. The third-order valence-electron chi connectivity index (χ3n) is 3.75. The zero-order chi connectivity index (χ0) is 14.7. The second kappa shape index (κ2) is 6.19. The largest absolute Gasteiger partial charge is 0.384 e. The Bertz CT molecular complexity index is 657. The molecule has 0 fully saturated rings. The van der Waals surface area contributed by atoms with Crippen LogP contribution in [0.25, 0.3) is 0 Å². The van der Waals surface area contributed by atoms with E-state index >= 15 is 0 Å². The summed E-state index contributed by atoms with van der Waals surface area (Å²) in [5.74, 6) is 0.0519. The highest BCUT2D eigenvalue weighted by Crippen LogP contribution is 2.24. The molecule has 0 aromatic heterocycles. The van der Waals surface area contributed by atoms with Crippen molar-refractivity contribution >= 4 is 23.2 Å². The molecule has 0 saturated carbocycles. The second-order valence-corrected chi connectivity index (χ2v) is 5.72. The molecule has 0 spiro atoms. The lowest BCUT2D eigenvalue weighted by Gasteiger charge is -2.25. The van der Waals surface area contributed by atoms with Crippen LogP contribution in [-0.4, -0.2) is 12.5 Å². The SMILES string of the molecule is O=C(NCc1cccc(Cl)c1)C1CNc2ccccc2C1. The summed E-state index contributed by atoms with van der Waals surface area (Å²) in [7, 11) is 0. The van der Waals surface area contributed by atoms with Gasteiger partial charge in [-0.1, -0.05) is 41.9 Å². The van der Waals surface area contributed by atoms with Crippen molar-refractivity contribution in [2.75, 3.05) is 11.9 Å². The molecule has 1 unspecified atom stereocenters. The van der Waals surface area contributed by atoms with Gasteiger partial charge in [-0.3, -0.25) is 4.79 Å². The van der Waals surface area contributed by atoms with Crippen molar-refractivity contribution < 1.29 is 4.79 Å². The molecular weight excluding hydrogens is 284 g/mol. The molecule has 108 valence electrons. The molecule has 21 heavy (non-hydrogen) atoms. The number of para-hydroxylation sites is 1. The van der Waals surface area contributed by atoms with Crippen molar-refractivity contribution in [1.29, 1.82) is 0 Å². The second-order valence-electron chi connectivity index (χ2n) is 5.29. The number of amides is 1. The average Bonchev–Trinajstić information content (AvgIpc) is 2.52. The minimum absolute atomic E-state index is 0.0286. The number of benzene rings is 2. The molecule has 0 radical (unpaired) electrons. The summed E-state index contributed by atoms with van der Waals surface area (Å²) < 4.78 is 0. The van der Waals surface area contributed by atoms with E-state index in [1.54, 1.807) is 0 Å². The number of carbonyl (C=O) groups is 1. The number of rotatable bonds is 3. The molecule has 0 bridgehead atoms. The zero-order valence-electron chi connectivity index (χ0n) is 11.6. The summed E-state index contributed by atoms with van der Waals surface area (Å²) in [4.78, 5) is 12.3. The molecule has 1 heterocycles. The Morgan fingerprint density at radius 2 is 2.10 bits per heavy atom. The van der Waals surface area contributed by atoms with Gasteiger partial charge in [0.1, 0.15) is 0 Å². The Morgan fingerprint density at radius 1 is 1.24 bits per heavy atom. The van der Waals surface area contributed by atoms with Crippen molar-refractivity contribution in [2.24, 2.45) is 5.92 Å². The highest BCUT2D eigenvalue weighted by molar-refractivity contribution is 6.30. The molecule has 0 saturated heterocycles. The molecule has 1 aliphatic rings. The van der Waals surface area contributed by atoms with E-state index in [-0.39, 0.29) is 11.8 Å². The average molecular weight is 301 g/mol. The lowest BCUT2D eigenvalue weighted by Crippen LogP contribution is -2.37. The van der Waals surface area contributed by atoms with E-state index in [1.807, 2.05) is 36.4 Å². The molecule has 4 heteroatoms. The molecule has 1 atom stereocenters. The van der Waals surface area contributed by atoms with Crippen LogP contribution in [0.3, 0.4) is 0 Å². The molecule has 2 aromatic carbocycles. The van der Waals surface area contributed by atoms with Gasteiger partial charge in [0, 0.05) is 23.8 Å². The predicted octanol–water partition coefficient (Wildman–Crippen LogP) is 3.24. The number of anilines is 1. The fraction of sp³-hybridized carbons (Fsp3) is 0.235. The van der Waals surface area contributed by atoms with E-state index in [0.717, 1.165) is 17.7 Å². The highest BCUT2D eigenvalue weighted by Gasteiger charge is 2.23. The van der Waals surface area contributed by atoms with Crippen molar-refractivity contribution in [1.82, 2.24) is 5.32 Å². The first-order valence-corrected chi connectivity index (χ1v) is 7.44. The molecule has 2 N–H and O–H groups in total. The van der Waals surface area contributed by atoms with Crippen LogP contribution in [0.2, 0.25) is 5.02 Å². The maximum Gasteiger partial charge on any atom is 0.225 e. The van der Waals surface area contributed by atoms with Crippen LogP contribution in [0.1, 0.15) is 11.1 Å². The zero-order valence-corrected chi connectivity index (χ0v) is 12.4. The van der Waals surface area contributed by atoms with Crippen molar-refractivity contribution in [2.45, 2.75) is 13.0 Å². The summed E-state index contributed by atoms with van der Waals surface area (Å²) in [5.41, 5.74) is 3.35. The predicted molar refractivity (Wildman–Crippen MR) is 85.4 cm³/mol. The fourth-order valence-electron chi connectivity index (χ4n) is 2.61. The number of fused-ring (bicyclic) bond motifs is 1. The minimum Gasteiger partial charge on any atom is -0.384 e. The molecule has 3 nitrogen and oxygen atoms in total. The molecule has 0 aliphatic carbocycles. The topological polar surface area (TPSA) is 41.1 Å². The van der Waals surface area contributed by atoms with E-state index in [0.29, 0.717) is 18.1 Å². The summed E-state index contributed by atoms with van der Waals surface area (Å²) in [5, 5.41) is 7.00. The summed E-state index contributed by atoms with van der Waals surface area (Å²) in [6.45, 7) is 1.19. The van der Waals surface area contributed by atoms with Crippen LogP contribution in [-0.2, 0) is 17.8 Å². The summed E-state index contributed by atoms with van der Waals surface area (Å²) >= 11 is 5.94. The molecule has 1 aliphatic heterocycles. The first kappa shape index (κ1) is 14.0. The number of hydrogen-bond acceptors (Lipinski definition) is 2. The van der Waals surface area contributed by atoms with Gasteiger partial charge in [0.05, 0.1) is 5.92 Å². The standard InChI is InChI=1S/C17H17ClN2O/c18-15-6-3-4-12(8-15)10-20-17(21)14-9-13-5-1-2-7-16(13)19-11-14/h1-8,14,19H,9-11H2,(H,20,21). The number of nitrogens with one attached hydrogen (secondary N) is 2. The van der Waals surface area contributed by atoms with Crippen LogP contribution in [0.5, 0.6) is 0 Å². The van der Waals surface area contributed by atoms with E-state index in [4.69, 9.17) is 11.6 Å². The molecule has 2 aromatic rings. The van der Waals surface area contributed by atoms with Crippen molar-refractivity contribution in [3.05, 3.63) is 64.7 Å². The van der Waals surface area contributed by atoms with Gasteiger partial charge in [-0.25, -0.2) is 0 Å². The Kier molecular flexibility index (Phi) is 4.11. The molecule has 1 amide bonds. The van der Waals surface area contributed by atoms with Gasteiger partial charge in [-0.2, -0.15) is 0 Å². The lowest BCUT2D eigenvalue weighted by molar-refractivity contribution is -0.124. The van der Waals surface area contributed by atoms with Gasteiger partial charge in [-0.05, 0) is 35.7 Å². The van der Waals surface area contributed by atoms with Gasteiger partial charge in [0.15, 0.2) is 0 Å². The van der Waals surface area contributed by atoms with Crippen molar-refractivity contribution in [3.63, 3.8) is 0 Å². The van der Waals surface area contributed by atoms with Crippen LogP contribution >= 0.6 is 11.6 Å². The monoisotopic (exact) mass is 300 g/mol. The fourth-order valence-corrected chi connectivity index (χ4v) is 2.82. The van der Waals surface area contributed by atoms with Gasteiger partial charge < -0.3 is 10.6 Å². The first-order chi connectivity index (χ1) is 10.2. The number of hydrogen-bond donors (Lipinski definition) is 2. The number of carbonyl (C=O) groups excluding carboxylic acids is 1. The Hall–Kier alpha value is -2.00. The van der Waals surface area contributed by atoms with Crippen molar-refractivity contribution in [3.8, 4) is 0 Å². The quantitative estimate of drug-likeness (QED) is 0.913. The van der Waals surface area contributed by atoms with Crippen LogP contribution < -0.4 is 10.6 Å². The Labute approximate surface area is 129 Å². The normalized spacial score (nSPS) is 16.7. The smallest absolute Gasteiger partial charge is 0.225 e. The van der Waals surface area contributed by atoms with Gasteiger partial charge in [-0.15, -0.1) is 0 Å².